The Morgan fingerprint density at radius 2 is 2.00 bits per heavy atom. The van der Waals surface area contributed by atoms with Crippen LogP contribution in [0, 0.1) is 0 Å². The molecule has 2 heterocycles. The second kappa shape index (κ2) is 6.59. The van der Waals surface area contributed by atoms with Gasteiger partial charge < -0.3 is 5.32 Å². The minimum absolute atomic E-state index is 0.0210. The van der Waals surface area contributed by atoms with Crippen molar-refractivity contribution >= 4 is 5.78 Å². The minimum atomic E-state index is -0.0700. The number of rotatable bonds is 5. The van der Waals surface area contributed by atoms with Crippen LogP contribution in [-0.2, 0) is 0 Å². The summed E-state index contributed by atoms with van der Waals surface area (Å²) in [5.41, 5.74) is 1.68. The molecule has 0 spiro atoms. The van der Waals surface area contributed by atoms with E-state index in [4.69, 9.17) is 0 Å². The van der Waals surface area contributed by atoms with Gasteiger partial charge in [0.2, 0.25) is 0 Å². The average Bonchev–Trinajstić information content (AvgIpc) is 2.47. The van der Waals surface area contributed by atoms with Crippen LogP contribution in [0.25, 0.3) is 0 Å². The molecule has 2 aromatic rings. The first-order chi connectivity index (χ1) is 9.96. The Balaban J connectivity index is 2.19. The summed E-state index contributed by atoms with van der Waals surface area (Å²) >= 11 is 0. The zero-order valence-corrected chi connectivity index (χ0v) is 12.8. The molecule has 0 saturated heterocycles. The molecule has 0 aliphatic carbocycles. The van der Waals surface area contributed by atoms with Gasteiger partial charge in [-0.1, -0.05) is 0 Å². The quantitative estimate of drug-likeness (QED) is 0.859. The van der Waals surface area contributed by atoms with Gasteiger partial charge in [-0.2, -0.15) is 0 Å². The van der Waals surface area contributed by atoms with Crippen LogP contribution in [0.5, 0.6) is 0 Å². The Hall–Kier alpha value is -2.07. The van der Waals surface area contributed by atoms with Gasteiger partial charge >= 0.3 is 0 Å². The van der Waals surface area contributed by atoms with Crippen molar-refractivity contribution in [2.24, 2.45) is 0 Å². The van der Waals surface area contributed by atoms with E-state index in [-0.39, 0.29) is 17.4 Å². The highest BCUT2D eigenvalue weighted by atomic mass is 16.1. The van der Waals surface area contributed by atoms with Crippen molar-refractivity contribution in [1.82, 2.24) is 10.3 Å². The van der Waals surface area contributed by atoms with Crippen LogP contribution in [0.3, 0.4) is 0 Å². The largest absolute Gasteiger partial charge is 0.305 e. The van der Waals surface area contributed by atoms with Crippen molar-refractivity contribution in [1.29, 1.82) is 0 Å². The van der Waals surface area contributed by atoms with Crippen molar-refractivity contribution in [3.8, 4) is 0 Å². The maximum absolute atomic E-state index is 12.4. The third kappa shape index (κ3) is 4.76. The lowest BCUT2D eigenvalue weighted by molar-refractivity contribution is -0.378. The van der Waals surface area contributed by atoms with Gasteiger partial charge in [0.05, 0.1) is 0 Å². The fourth-order valence-corrected chi connectivity index (χ4v) is 2.24. The van der Waals surface area contributed by atoms with Gasteiger partial charge in [0.1, 0.15) is 0 Å². The molecule has 0 aliphatic rings. The minimum Gasteiger partial charge on any atom is -0.305 e. The lowest BCUT2D eigenvalue weighted by Gasteiger charge is -2.28. The van der Waals surface area contributed by atoms with Crippen LogP contribution >= 0.6 is 0 Å². The van der Waals surface area contributed by atoms with Gasteiger partial charge in [-0.15, -0.1) is 0 Å². The number of nitrogens with one attached hydrogen (secondary N) is 2. The van der Waals surface area contributed by atoms with Gasteiger partial charge in [0.15, 0.2) is 18.2 Å². The maximum atomic E-state index is 12.4. The molecule has 21 heavy (non-hydrogen) atoms. The predicted octanol–water partition coefficient (Wildman–Crippen LogP) is 2.60. The normalized spacial score (nSPS) is 12.9. The molecule has 0 radical (unpaired) electrons. The van der Waals surface area contributed by atoms with E-state index in [1.807, 2.05) is 30.6 Å². The molecule has 1 atom stereocenters. The third-order valence-corrected chi connectivity index (χ3v) is 3.13. The molecular formula is C17H22N3O+. The Kier molecular flexibility index (Phi) is 4.81. The number of aromatic amines is 1. The van der Waals surface area contributed by atoms with E-state index < -0.39 is 0 Å². The molecule has 2 rings (SSSR count). The molecule has 2 N–H and O–H groups in total. The topological polar surface area (TPSA) is 56.1 Å². The van der Waals surface area contributed by atoms with Crippen molar-refractivity contribution in [2.45, 2.75) is 38.8 Å². The Labute approximate surface area is 125 Å². The van der Waals surface area contributed by atoms with Crippen LogP contribution in [-0.4, -0.2) is 16.3 Å². The number of pyridine rings is 2. The van der Waals surface area contributed by atoms with Crippen molar-refractivity contribution in [3.63, 3.8) is 0 Å². The van der Waals surface area contributed by atoms with Gasteiger partial charge in [-0.05, 0) is 38.5 Å². The number of hydrogen-bond acceptors (Lipinski definition) is 3. The molecule has 0 bridgehead atoms. The number of carbonyl (C=O) groups is 1. The van der Waals surface area contributed by atoms with Crippen molar-refractivity contribution in [3.05, 3.63) is 60.2 Å². The van der Waals surface area contributed by atoms with E-state index in [0.29, 0.717) is 12.0 Å². The number of hydrogen-bond donors (Lipinski definition) is 1. The number of ketones is 1. The first-order valence-corrected chi connectivity index (χ1v) is 7.13. The van der Waals surface area contributed by atoms with Crippen LogP contribution in [0.4, 0.5) is 0 Å². The van der Waals surface area contributed by atoms with Gasteiger partial charge in [-0.3, -0.25) is 9.78 Å². The summed E-state index contributed by atoms with van der Waals surface area (Å²) < 4.78 is 0. The Morgan fingerprint density at radius 3 is 2.57 bits per heavy atom. The zero-order valence-electron chi connectivity index (χ0n) is 12.8. The molecule has 4 heteroatoms. The predicted molar refractivity (Wildman–Crippen MR) is 81.8 cm³/mol. The summed E-state index contributed by atoms with van der Waals surface area (Å²) in [6, 6.07) is 7.58. The summed E-state index contributed by atoms with van der Waals surface area (Å²) in [4.78, 5) is 19.5. The Morgan fingerprint density at radius 1 is 1.29 bits per heavy atom. The second-order valence-corrected chi connectivity index (χ2v) is 6.15. The van der Waals surface area contributed by atoms with Gasteiger partial charge in [0.25, 0.3) is 0 Å². The standard InChI is InChI=1S/C17H21N3O/c1-17(2,3)20-15(13-6-9-18-10-7-13)11-16(21)14-5-4-8-19-12-14/h4-10,12,15,20H,11H2,1-3H3/p+1. The molecule has 0 saturated carbocycles. The maximum Gasteiger partial charge on any atom is 0.167 e. The highest BCUT2D eigenvalue weighted by Gasteiger charge is 2.22. The SMILES string of the molecule is CC(C)(C)NC(CC(=O)c1cccnc1)c1cc[nH+]cc1. The van der Waals surface area contributed by atoms with E-state index in [1.165, 1.54) is 0 Å². The number of H-pyrrole nitrogens is 1. The molecule has 0 aromatic carbocycles. The van der Waals surface area contributed by atoms with E-state index >= 15 is 0 Å². The molecular weight excluding hydrogens is 262 g/mol. The number of nitrogens with zero attached hydrogens (tertiary/aromatic N) is 1. The molecule has 0 aliphatic heterocycles. The van der Waals surface area contributed by atoms with Gasteiger partial charge in [0, 0.05) is 48.1 Å². The highest BCUT2D eigenvalue weighted by Crippen LogP contribution is 2.21. The molecule has 1 unspecified atom stereocenters. The average molecular weight is 284 g/mol. The molecule has 4 nitrogen and oxygen atoms in total. The molecule has 110 valence electrons. The number of Topliss-reactive ketones (excluding diaryl/α,β-unsaturated/α-hetero) is 1. The van der Waals surface area contributed by atoms with Crippen LogP contribution < -0.4 is 10.3 Å². The van der Waals surface area contributed by atoms with E-state index in [9.17, 15) is 4.79 Å². The first kappa shape index (κ1) is 15.3. The fourth-order valence-electron chi connectivity index (χ4n) is 2.24. The molecule has 0 amide bonds. The summed E-state index contributed by atoms with van der Waals surface area (Å²) in [6.07, 6.45) is 7.46. The van der Waals surface area contributed by atoms with Crippen LogP contribution in [0.1, 0.15) is 49.2 Å². The summed E-state index contributed by atoms with van der Waals surface area (Å²) in [7, 11) is 0. The molecule has 2 aromatic heterocycles. The lowest BCUT2D eigenvalue weighted by atomic mass is 9.96. The van der Waals surface area contributed by atoms with Crippen LogP contribution in [0.2, 0.25) is 0 Å². The molecule has 0 fully saturated rings. The zero-order chi connectivity index (χ0) is 15.3. The summed E-state index contributed by atoms with van der Waals surface area (Å²) in [6.45, 7) is 6.30. The fraction of sp³-hybridized carbons (Fsp3) is 0.353. The van der Waals surface area contributed by atoms with E-state index in [0.717, 1.165) is 5.56 Å². The Bertz CT molecular complexity index is 576. The second-order valence-electron chi connectivity index (χ2n) is 6.15. The number of aromatic nitrogens is 2. The van der Waals surface area contributed by atoms with Crippen molar-refractivity contribution in [2.75, 3.05) is 0 Å². The van der Waals surface area contributed by atoms with E-state index in [2.05, 4.69) is 36.1 Å². The first-order valence-electron chi connectivity index (χ1n) is 7.13. The summed E-state index contributed by atoms with van der Waals surface area (Å²) in [5.74, 6) is 0.0951. The van der Waals surface area contributed by atoms with Crippen molar-refractivity contribution < 1.29 is 9.78 Å². The third-order valence-electron chi connectivity index (χ3n) is 3.13. The highest BCUT2D eigenvalue weighted by molar-refractivity contribution is 5.96. The monoisotopic (exact) mass is 284 g/mol. The van der Waals surface area contributed by atoms with Crippen LogP contribution in [0.15, 0.2) is 49.1 Å². The number of carbonyl (C=O) groups excluding carboxylic acids is 1. The lowest BCUT2D eigenvalue weighted by Crippen LogP contribution is -2.39. The summed E-state index contributed by atoms with van der Waals surface area (Å²) in [5, 5.41) is 3.52. The smallest absolute Gasteiger partial charge is 0.167 e. The van der Waals surface area contributed by atoms with Gasteiger partial charge in [-0.25, -0.2) is 4.98 Å². The van der Waals surface area contributed by atoms with E-state index in [1.54, 1.807) is 18.5 Å².